The molecule has 5 rings (SSSR count). The molecule has 300 valence electrons. The SMILES string of the molecule is COC[C@H]1OC(=O)[C@H](C)C(=O)[C@H](C)[C@@H](O[C@H]2O[C@@H](C)C[C@@H](N(C)C)C2O)[C@@](C)(OC/C=C/c2cccnc2)C[C@@H](C)C2=NCCN3C(=O)O[C@@]1(C)[C@H]3[C@H]2C. The Morgan fingerprint density at radius 2 is 1.85 bits per heavy atom. The fourth-order valence-electron chi connectivity index (χ4n) is 9.01. The number of aromatic nitrogens is 1. The minimum Gasteiger partial charge on any atom is -0.455 e. The number of hydrogen-bond acceptors (Lipinski definition) is 13. The lowest BCUT2D eigenvalue weighted by Gasteiger charge is -2.47. The standard InChI is InChI=1S/C40H60N4O10/c1-23-20-39(6,50-18-12-14-28-13-11-15-41-21-28)35(53-37-33(46)29(43(8)9)19-24(2)51-37)26(4)32(45)27(5)36(47)52-30(22-49-10)40(7)34-25(3)31(23)42-16-17-44(34)38(48)54-40/h11-15,21,23-27,29-30,33-35,37,46H,16-20,22H2,1-10H3/b14-12+/t23-,24+,25+,26+,27-,29-,30-,33?,34-,35-,37-,39+,40-/m1/s1. The minimum absolute atomic E-state index is 0.0581. The lowest BCUT2D eigenvalue weighted by molar-refractivity contribution is -0.296. The van der Waals surface area contributed by atoms with Crippen LogP contribution < -0.4 is 0 Å². The number of fused-ring (bicyclic) bond motifs is 1. The second-order valence-corrected chi connectivity index (χ2v) is 16.1. The van der Waals surface area contributed by atoms with Crippen LogP contribution >= 0.6 is 0 Å². The number of cyclic esters (lactones) is 1. The summed E-state index contributed by atoms with van der Waals surface area (Å²) in [5.74, 6) is -3.94. The molecule has 4 aliphatic heterocycles. The maximum atomic E-state index is 14.5. The van der Waals surface area contributed by atoms with Crippen molar-refractivity contribution in [1.29, 1.82) is 0 Å². The van der Waals surface area contributed by atoms with E-state index in [0.29, 0.717) is 25.9 Å². The average molecular weight is 757 g/mol. The van der Waals surface area contributed by atoms with Crippen molar-refractivity contribution in [3.05, 3.63) is 36.2 Å². The van der Waals surface area contributed by atoms with Gasteiger partial charge in [-0.3, -0.25) is 24.5 Å². The first-order valence-electron chi connectivity index (χ1n) is 19.1. The minimum atomic E-state index is -1.30. The molecule has 0 saturated carbocycles. The summed E-state index contributed by atoms with van der Waals surface area (Å²) >= 11 is 0. The van der Waals surface area contributed by atoms with E-state index in [1.807, 2.05) is 64.1 Å². The molecule has 1 amide bonds. The summed E-state index contributed by atoms with van der Waals surface area (Å²) < 4.78 is 37.6. The van der Waals surface area contributed by atoms with Gasteiger partial charge in [0.2, 0.25) is 0 Å². The zero-order valence-electron chi connectivity index (χ0n) is 33.5. The molecule has 1 aromatic heterocycles. The van der Waals surface area contributed by atoms with E-state index < -0.39 is 71.5 Å². The molecule has 0 aliphatic carbocycles. The Balaban J connectivity index is 1.61. The summed E-state index contributed by atoms with van der Waals surface area (Å²) in [6.45, 7) is 13.7. The number of rotatable bonds is 9. The lowest BCUT2D eigenvalue weighted by atomic mass is 9.73. The van der Waals surface area contributed by atoms with Gasteiger partial charge in [0.25, 0.3) is 0 Å². The maximum Gasteiger partial charge on any atom is 0.411 e. The number of ketones is 1. The van der Waals surface area contributed by atoms with E-state index in [2.05, 4.69) is 11.9 Å². The number of esters is 1. The first kappa shape index (κ1) is 41.9. The van der Waals surface area contributed by atoms with Gasteiger partial charge in [0, 0.05) is 49.6 Å². The number of likely N-dealkylation sites (N-methyl/N-ethyl adjacent to an activating group) is 1. The second kappa shape index (κ2) is 17.3. The predicted molar refractivity (Wildman–Crippen MR) is 201 cm³/mol. The number of aliphatic hydroxyl groups is 1. The molecular weight excluding hydrogens is 696 g/mol. The van der Waals surface area contributed by atoms with Crippen molar-refractivity contribution in [2.75, 3.05) is 47.5 Å². The van der Waals surface area contributed by atoms with Gasteiger partial charge < -0.3 is 38.4 Å². The fraction of sp³-hybridized carbons (Fsp3) is 0.725. The first-order chi connectivity index (χ1) is 25.5. The van der Waals surface area contributed by atoms with Gasteiger partial charge in [-0.15, -0.1) is 0 Å². The van der Waals surface area contributed by atoms with Crippen molar-refractivity contribution in [2.24, 2.45) is 28.7 Å². The number of aliphatic imine (C=N–C) groups is 1. The van der Waals surface area contributed by atoms with Crippen LogP contribution in [0.15, 0.2) is 35.6 Å². The quantitative estimate of drug-likeness (QED) is 0.288. The van der Waals surface area contributed by atoms with Crippen LogP contribution in [0.1, 0.15) is 66.9 Å². The highest BCUT2D eigenvalue weighted by molar-refractivity contribution is 6.00. The number of ether oxygens (including phenoxy) is 6. The van der Waals surface area contributed by atoms with Gasteiger partial charge in [-0.2, -0.15) is 0 Å². The summed E-state index contributed by atoms with van der Waals surface area (Å²) in [6.07, 6.45) is 3.26. The third kappa shape index (κ3) is 8.58. The number of nitrogens with zero attached hydrogens (tertiary/aromatic N) is 4. The van der Waals surface area contributed by atoms with Gasteiger partial charge in [0.05, 0.1) is 43.6 Å². The van der Waals surface area contributed by atoms with Crippen LogP contribution in [0.4, 0.5) is 4.79 Å². The smallest absolute Gasteiger partial charge is 0.411 e. The molecule has 3 saturated heterocycles. The van der Waals surface area contributed by atoms with Crippen LogP contribution in [0.3, 0.4) is 0 Å². The van der Waals surface area contributed by atoms with Crippen molar-refractivity contribution in [2.45, 2.75) is 115 Å². The topological polar surface area (TPSA) is 159 Å². The van der Waals surface area contributed by atoms with Gasteiger partial charge in [0.15, 0.2) is 23.8 Å². The number of hydrogen-bond donors (Lipinski definition) is 1. The Labute approximate surface area is 319 Å². The number of Topliss-reactive ketones (excluding diaryl/α,β-unsaturated/α-hetero) is 1. The van der Waals surface area contributed by atoms with Crippen LogP contribution in [0.25, 0.3) is 6.08 Å². The van der Waals surface area contributed by atoms with Crippen LogP contribution in [0.5, 0.6) is 0 Å². The summed E-state index contributed by atoms with van der Waals surface area (Å²) in [5.41, 5.74) is -0.765. The van der Waals surface area contributed by atoms with Gasteiger partial charge in [-0.05, 0) is 72.2 Å². The van der Waals surface area contributed by atoms with Crippen LogP contribution in [-0.4, -0.2) is 145 Å². The molecule has 13 atom stereocenters. The molecule has 1 aromatic rings. The molecular formula is C40H60N4O10. The van der Waals surface area contributed by atoms with E-state index in [1.165, 1.54) is 14.0 Å². The molecule has 0 radical (unpaired) electrons. The molecule has 1 unspecified atom stereocenters. The van der Waals surface area contributed by atoms with Crippen molar-refractivity contribution in [3.63, 3.8) is 0 Å². The molecule has 54 heavy (non-hydrogen) atoms. The lowest BCUT2D eigenvalue weighted by Crippen LogP contribution is -2.60. The highest BCUT2D eigenvalue weighted by Crippen LogP contribution is 2.43. The van der Waals surface area contributed by atoms with E-state index in [4.69, 9.17) is 33.4 Å². The molecule has 1 N–H and O–H groups in total. The zero-order valence-corrected chi connectivity index (χ0v) is 33.5. The van der Waals surface area contributed by atoms with Gasteiger partial charge in [-0.1, -0.05) is 39.0 Å². The Morgan fingerprint density at radius 3 is 2.52 bits per heavy atom. The van der Waals surface area contributed by atoms with E-state index in [0.717, 1.165) is 11.3 Å². The van der Waals surface area contributed by atoms with Crippen molar-refractivity contribution < 1.29 is 47.9 Å². The molecule has 14 heteroatoms. The second-order valence-electron chi connectivity index (χ2n) is 16.1. The molecule has 5 heterocycles. The first-order valence-corrected chi connectivity index (χ1v) is 19.1. The van der Waals surface area contributed by atoms with E-state index in [-0.39, 0.29) is 37.2 Å². The summed E-state index contributed by atoms with van der Waals surface area (Å²) in [4.78, 5) is 54.8. The zero-order chi connectivity index (χ0) is 39.5. The van der Waals surface area contributed by atoms with E-state index >= 15 is 0 Å². The van der Waals surface area contributed by atoms with Crippen LogP contribution in [0, 0.1) is 23.7 Å². The molecule has 4 aliphatic rings. The largest absolute Gasteiger partial charge is 0.455 e. The van der Waals surface area contributed by atoms with Crippen LogP contribution in [-0.2, 0) is 38.0 Å². The van der Waals surface area contributed by atoms with Crippen molar-refractivity contribution in [1.82, 2.24) is 14.8 Å². The third-order valence-electron chi connectivity index (χ3n) is 11.8. The summed E-state index contributed by atoms with van der Waals surface area (Å²) in [7, 11) is 5.28. The van der Waals surface area contributed by atoms with Gasteiger partial charge in [-0.25, -0.2) is 4.79 Å². The van der Waals surface area contributed by atoms with Crippen molar-refractivity contribution >= 4 is 29.6 Å². The van der Waals surface area contributed by atoms with E-state index in [9.17, 15) is 19.5 Å². The average Bonchev–Trinajstić information content (AvgIpc) is 3.26. The monoisotopic (exact) mass is 756 g/mol. The Morgan fingerprint density at radius 1 is 1.11 bits per heavy atom. The Kier molecular flexibility index (Phi) is 13.4. The van der Waals surface area contributed by atoms with Gasteiger partial charge >= 0.3 is 12.1 Å². The highest BCUT2D eigenvalue weighted by atomic mass is 16.7. The Bertz CT molecular complexity index is 1540. The fourth-order valence-corrected chi connectivity index (χ4v) is 9.01. The number of aliphatic hydroxyl groups excluding tert-OH is 1. The molecule has 0 spiro atoms. The predicted octanol–water partition coefficient (Wildman–Crippen LogP) is 3.79. The number of carbonyl (C=O) groups excluding carboxylic acids is 3. The van der Waals surface area contributed by atoms with E-state index in [1.54, 1.807) is 31.1 Å². The van der Waals surface area contributed by atoms with Crippen LogP contribution in [0.2, 0.25) is 0 Å². The normalized spacial score (nSPS) is 39.6. The molecule has 3 fully saturated rings. The molecule has 2 bridgehead atoms. The van der Waals surface area contributed by atoms with Crippen molar-refractivity contribution in [3.8, 4) is 0 Å². The summed E-state index contributed by atoms with van der Waals surface area (Å²) in [5, 5.41) is 11.6. The maximum absolute atomic E-state index is 14.5. The number of methoxy groups -OCH3 is 1. The number of amides is 1. The Hall–Kier alpha value is -3.27. The van der Waals surface area contributed by atoms with Gasteiger partial charge in [0.1, 0.15) is 12.0 Å². The highest BCUT2D eigenvalue weighted by Gasteiger charge is 2.61. The molecule has 14 nitrogen and oxygen atoms in total. The molecule has 0 aromatic carbocycles. The third-order valence-corrected chi connectivity index (χ3v) is 11.8. The number of pyridine rings is 1. The summed E-state index contributed by atoms with van der Waals surface area (Å²) in [6, 6.07) is 2.97. The number of carbonyl (C=O) groups is 3.